The summed E-state index contributed by atoms with van der Waals surface area (Å²) in [6.07, 6.45) is -0.342. The Bertz CT molecular complexity index is 987. The van der Waals surface area contributed by atoms with Crippen molar-refractivity contribution in [2.75, 3.05) is 13.2 Å². The lowest BCUT2D eigenvalue weighted by molar-refractivity contribution is -0.176. The Morgan fingerprint density at radius 2 is 1.82 bits per heavy atom. The van der Waals surface area contributed by atoms with Crippen LogP contribution in [0.25, 0.3) is 0 Å². The summed E-state index contributed by atoms with van der Waals surface area (Å²) in [6, 6.07) is 4.24. The first-order valence-corrected chi connectivity index (χ1v) is 10.8. The lowest BCUT2D eigenvalue weighted by atomic mass is 10.0. The highest BCUT2D eigenvalue weighted by atomic mass is 19.1. The second-order valence-electron chi connectivity index (χ2n) is 8.05. The van der Waals surface area contributed by atoms with Crippen LogP contribution in [-0.4, -0.2) is 81.9 Å². The van der Waals surface area contributed by atoms with E-state index in [1.54, 1.807) is 30.3 Å². The predicted octanol–water partition coefficient (Wildman–Crippen LogP) is -0.188. The van der Waals surface area contributed by atoms with Gasteiger partial charge < -0.3 is 15.7 Å². The lowest BCUT2D eigenvalue weighted by Gasteiger charge is -2.43. The van der Waals surface area contributed by atoms with Crippen molar-refractivity contribution >= 4 is 35.4 Å². The summed E-state index contributed by atoms with van der Waals surface area (Å²) < 4.78 is 12.9. The highest BCUT2D eigenvalue weighted by molar-refractivity contribution is 6.00. The van der Waals surface area contributed by atoms with Gasteiger partial charge in [0.1, 0.15) is 24.8 Å². The van der Waals surface area contributed by atoms with Crippen molar-refractivity contribution in [2.45, 2.75) is 50.2 Å². The zero-order chi connectivity index (χ0) is 24.8. The topological polar surface area (TPSA) is 153 Å². The van der Waals surface area contributed by atoms with E-state index in [2.05, 4.69) is 10.6 Å². The summed E-state index contributed by atoms with van der Waals surface area (Å²) in [5, 5.41) is 15.9. The molecule has 1 aromatic rings. The normalized spacial score (nSPS) is 21.2. The molecule has 0 radical (unpaired) electrons. The second-order valence-corrected chi connectivity index (χ2v) is 8.05. The number of fused-ring (bicyclic) bond motifs is 1. The van der Waals surface area contributed by atoms with Crippen LogP contribution in [0.3, 0.4) is 0 Å². The first kappa shape index (κ1) is 24.8. The number of benzene rings is 1. The number of hydrogen-bond donors (Lipinski definition) is 3. The van der Waals surface area contributed by atoms with Gasteiger partial charge in [-0.1, -0.05) is 18.2 Å². The molecule has 0 bridgehead atoms. The van der Waals surface area contributed by atoms with E-state index in [0.717, 1.165) is 10.0 Å². The number of ketones is 1. The van der Waals surface area contributed by atoms with Gasteiger partial charge in [0, 0.05) is 18.5 Å². The molecule has 2 heterocycles. The lowest BCUT2D eigenvalue weighted by Crippen LogP contribution is -2.64. The third kappa shape index (κ3) is 5.56. The molecule has 4 amide bonds. The first-order chi connectivity index (χ1) is 16.2. The zero-order valence-corrected chi connectivity index (χ0v) is 18.2. The van der Waals surface area contributed by atoms with Crippen LogP contribution >= 0.6 is 0 Å². The molecule has 2 aliphatic heterocycles. The second kappa shape index (κ2) is 10.9. The molecule has 0 aromatic heterocycles. The van der Waals surface area contributed by atoms with Crippen molar-refractivity contribution in [1.29, 1.82) is 0 Å². The number of amides is 4. The van der Waals surface area contributed by atoms with Crippen molar-refractivity contribution in [1.82, 2.24) is 20.7 Å². The number of nitrogens with one attached hydrogen (secondary N) is 2. The highest BCUT2D eigenvalue weighted by Gasteiger charge is 2.45. The van der Waals surface area contributed by atoms with Gasteiger partial charge in [-0.3, -0.25) is 33.8 Å². The molecule has 2 aliphatic rings. The minimum absolute atomic E-state index is 0.0273. The molecule has 11 nitrogen and oxygen atoms in total. The number of carboxylic acid groups (broad SMARTS) is 1. The van der Waals surface area contributed by atoms with E-state index in [1.807, 2.05) is 0 Å². The Hall–Kier alpha value is -3.83. The molecule has 0 aliphatic carbocycles. The van der Waals surface area contributed by atoms with E-state index in [-0.39, 0.29) is 25.8 Å². The number of carbonyl (C=O) groups is 6. The molecule has 12 heteroatoms. The number of carboxylic acids is 1. The van der Waals surface area contributed by atoms with Gasteiger partial charge in [0.2, 0.25) is 11.8 Å². The Balaban J connectivity index is 1.82. The fraction of sp³-hybridized carbons (Fsp3) is 0.455. The van der Waals surface area contributed by atoms with Crippen LogP contribution in [-0.2, 0) is 24.0 Å². The van der Waals surface area contributed by atoms with Crippen molar-refractivity contribution in [2.24, 2.45) is 0 Å². The van der Waals surface area contributed by atoms with E-state index in [4.69, 9.17) is 5.11 Å². The number of carbonyl (C=O) groups excluding carboxylic acids is 5. The number of hydrogen-bond acceptors (Lipinski definition) is 6. The standard InChI is InChI=1S/C22H25FN4O7/c23-12-17(28)15(11-19(30)31)25-21(33)16-7-4-10-26-18(29)9-8-14(22(34)27(16)26)24-20(32)13-5-2-1-3-6-13/h1-3,5-6,14-16H,4,7-12H2,(H,24,32)(H,25,33)(H,30,31)/t14-,15?,16-/m0/s1. The average Bonchev–Trinajstić information content (AvgIpc) is 2.95. The number of halogens is 1. The largest absolute Gasteiger partial charge is 0.481 e. The number of hydrazine groups is 1. The van der Waals surface area contributed by atoms with Gasteiger partial charge in [0.25, 0.3) is 11.8 Å². The Labute approximate surface area is 194 Å². The SMILES string of the molecule is O=C(O)CC(NC(=O)[C@@H]1CCCN2C(=O)CC[C@H](NC(=O)c3ccccc3)C(=O)N12)C(=O)CF. The van der Waals surface area contributed by atoms with Crippen molar-refractivity contribution in [3.8, 4) is 0 Å². The molecule has 34 heavy (non-hydrogen) atoms. The van der Waals surface area contributed by atoms with E-state index in [9.17, 15) is 33.2 Å². The minimum Gasteiger partial charge on any atom is -0.481 e. The van der Waals surface area contributed by atoms with E-state index in [0.29, 0.717) is 12.0 Å². The summed E-state index contributed by atoms with van der Waals surface area (Å²) in [5.74, 6) is -5.02. The smallest absolute Gasteiger partial charge is 0.305 e. The molecule has 2 saturated heterocycles. The Morgan fingerprint density at radius 3 is 2.47 bits per heavy atom. The molecule has 182 valence electrons. The minimum atomic E-state index is -1.61. The van der Waals surface area contributed by atoms with Crippen LogP contribution in [0.2, 0.25) is 0 Å². The van der Waals surface area contributed by atoms with Crippen molar-refractivity contribution < 1.29 is 38.3 Å². The fourth-order valence-electron chi connectivity index (χ4n) is 4.02. The van der Waals surface area contributed by atoms with Gasteiger partial charge >= 0.3 is 5.97 Å². The number of rotatable bonds is 8. The van der Waals surface area contributed by atoms with Gasteiger partial charge in [0.05, 0.1) is 6.42 Å². The maximum Gasteiger partial charge on any atom is 0.305 e. The van der Waals surface area contributed by atoms with Crippen LogP contribution in [0.1, 0.15) is 42.5 Å². The third-order valence-electron chi connectivity index (χ3n) is 5.72. The predicted molar refractivity (Wildman–Crippen MR) is 114 cm³/mol. The summed E-state index contributed by atoms with van der Waals surface area (Å²) in [7, 11) is 0. The Morgan fingerprint density at radius 1 is 1.12 bits per heavy atom. The van der Waals surface area contributed by atoms with E-state index >= 15 is 0 Å². The highest BCUT2D eigenvalue weighted by Crippen LogP contribution is 2.25. The molecule has 3 atom stereocenters. The molecule has 0 spiro atoms. The molecule has 2 fully saturated rings. The van der Waals surface area contributed by atoms with Gasteiger partial charge in [-0.2, -0.15) is 0 Å². The van der Waals surface area contributed by atoms with Crippen LogP contribution in [0, 0.1) is 0 Å². The van der Waals surface area contributed by atoms with E-state index < -0.39 is 66.6 Å². The number of aliphatic carboxylic acids is 1. The van der Waals surface area contributed by atoms with Gasteiger partial charge in [-0.15, -0.1) is 0 Å². The summed E-state index contributed by atoms with van der Waals surface area (Å²) >= 11 is 0. The Kier molecular flexibility index (Phi) is 7.92. The van der Waals surface area contributed by atoms with Crippen molar-refractivity contribution in [3.05, 3.63) is 35.9 Å². The van der Waals surface area contributed by atoms with Crippen LogP contribution in [0.5, 0.6) is 0 Å². The monoisotopic (exact) mass is 476 g/mol. The average molecular weight is 476 g/mol. The van der Waals surface area contributed by atoms with Crippen LogP contribution in [0.4, 0.5) is 4.39 Å². The van der Waals surface area contributed by atoms with Crippen LogP contribution in [0.15, 0.2) is 30.3 Å². The summed E-state index contributed by atoms with van der Waals surface area (Å²) in [6.45, 7) is -1.29. The fourth-order valence-corrected chi connectivity index (χ4v) is 4.02. The molecule has 3 N–H and O–H groups in total. The quantitative estimate of drug-likeness (QED) is 0.470. The molecule has 3 rings (SSSR count). The number of alkyl halides is 1. The van der Waals surface area contributed by atoms with Gasteiger partial charge in [-0.05, 0) is 31.4 Å². The number of Topliss-reactive ketones (excluding diaryl/α,β-unsaturated/α-hetero) is 1. The van der Waals surface area contributed by atoms with Crippen LogP contribution < -0.4 is 10.6 Å². The summed E-state index contributed by atoms with van der Waals surface area (Å²) in [5.41, 5.74) is 0.317. The first-order valence-electron chi connectivity index (χ1n) is 10.8. The maximum atomic E-state index is 13.4. The molecule has 1 unspecified atom stereocenters. The maximum absolute atomic E-state index is 13.4. The van der Waals surface area contributed by atoms with Gasteiger partial charge in [-0.25, -0.2) is 9.40 Å². The zero-order valence-electron chi connectivity index (χ0n) is 18.2. The van der Waals surface area contributed by atoms with E-state index in [1.165, 1.54) is 0 Å². The molecular formula is C22H25FN4O7. The summed E-state index contributed by atoms with van der Waals surface area (Å²) in [4.78, 5) is 74.5. The van der Waals surface area contributed by atoms with Gasteiger partial charge in [0.15, 0.2) is 5.78 Å². The van der Waals surface area contributed by atoms with Crippen molar-refractivity contribution in [3.63, 3.8) is 0 Å². The molecule has 0 saturated carbocycles. The number of nitrogens with zero attached hydrogens (tertiary/aromatic N) is 2. The molecular weight excluding hydrogens is 451 g/mol. The third-order valence-corrected chi connectivity index (χ3v) is 5.72. The molecule has 1 aromatic carbocycles.